The van der Waals surface area contributed by atoms with Crippen LogP contribution in [0.1, 0.15) is 31.0 Å². The molecule has 1 aliphatic rings. The van der Waals surface area contributed by atoms with E-state index in [2.05, 4.69) is 9.88 Å². The summed E-state index contributed by atoms with van der Waals surface area (Å²) in [6, 6.07) is 3.00. The molecule has 1 atom stereocenters. The van der Waals surface area contributed by atoms with Gasteiger partial charge < -0.3 is 10.6 Å². The van der Waals surface area contributed by atoms with Crippen LogP contribution in [0.15, 0.2) is 18.3 Å². The predicted molar refractivity (Wildman–Crippen MR) is 61.4 cm³/mol. The van der Waals surface area contributed by atoms with Crippen LogP contribution in [-0.4, -0.2) is 29.5 Å². The summed E-state index contributed by atoms with van der Waals surface area (Å²) in [5.41, 5.74) is 6.79. The number of halogens is 1. The maximum Gasteiger partial charge on any atom is 0.141 e. The molecule has 0 aliphatic carbocycles. The molecule has 0 saturated carbocycles. The molecule has 2 rings (SSSR count). The van der Waals surface area contributed by atoms with Crippen LogP contribution in [0.25, 0.3) is 0 Å². The summed E-state index contributed by atoms with van der Waals surface area (Å²) in [6.07, 6.45) is 4.71. The highest BCUT2D eigenvalue weighted by molar-refractivity contribution is 5.09. The average molecular weight is 223 g/mol. The number of aromatic nitrogens is 1. The molecule has 2 heterocycles. The number of hydrogen-bond acceptors (Lipinski definition) is 3. The van der Waals surface area contributed by atoms with Crippen molar-refractivity contribution in [1.29, 1.82) is 0 Å². The Balaban J connectivity index is 1.82. The third-order valence-corrected chi connectivity index (χ3v) is 3.09. The molecule has 0 spiro atoms. The van der Waals surface area contributed by atoms with Crippen LogP contribution in [0, 0.1) is 5.82 Å². The van der Waals surface area contributed by atoms with E-state index in [-0.39, 0.29) is 11.9 Å². The van der Waals surface area contributed by atoms with Crippen molar-refractivity contribution in [2.24, 2.45) is 5.73 Å². The van der Waals surface area contributed by atoms with Gasteiger partial charge in [0.2, 0.25) is 0 Å². The minimum atomic E-state index is -0.310. The van der Waals surface area contributed by atoms with Gasteiger partial charge >= 0.3 is 0 Å². The fourth-order valence-electron chi connectivity index (χ4n) is 2.08. The summed E-state index contributed by atoms with van der Waals surface area (Å²) in [7, 11) is 0. The average Bonchev–Trinajstić information content (AvgIpc) is 2.80. The van der Waals surface area contributed by atoms with Gasteiger partial charge in [0.25, 0.3) is 0 Å². The molecule has 1 unspecified atom stereocenters. The summed E-state index contributed by atoms with van der Waals surface area (Å²) in [5.74, 6) is -0.310. The Labute approximate surface area is 95.5 Å². The minimum Gasteiger partial charge on any atom is -0.323 e. The van der Waals surface area contributed by atoms with Gasteiger partial charge in [-0.2, -0.15) is 0 Å². The van der Waals surface area contributed by atoms with Crippen molar-refractivity contribution in [3.8, 4) is 0 Å². The van der Waals surface area contributed by atoms with Crippen molar-refractivity contribution < 1.29 is 4.39 Å². The molecule has 88 valence electrons. The quantitative estimate of drug-likeness (QED) is 0.845. The monoisotopic (exact) mass is 223 g/mol. The fourth-order valence-corrected chi connectivity index (χ4v) is 2.08. The SMILES string of the molecule is NC(CCN1CCCC1)c1ccc(F)cn1. The molecular weight excluding hydrogens is 205 g/mol. The first-order valence-corrected chi connectivity index (χ1v) is 5.85. The Kier molecular flexibility index (Phi) is 3.85. The van der Waals surface area contributed by atoms with Crippen LogP contribution in [0.4, 0.5) is 4.39 Å². The zero-order chi connectivity index (χ0) is 11.4. The first kappa shape index (κ1) is 11.5. The Hall–Kier alpha value is -1.00. The molecule has 4 heteroatoms. The lowest BCUT2D eigenvalue weighted by Crippen LogP contribution is -2.24. The number of hydrogen-bond donors (Lipinski definition) is 1. The van der Waals surface area contributed by atoms with Gasteiger partial charge in [-0.1, -0.05) is 0 Å². The lowest BCUT2D eigenvalue weighted by atomic mass is 10.1. The third kappa shape index (κ3) is 3.00. The Morgan fingerprint density at radius 3 is 2.75 bits per heavy atom. The zero-order valence-corrected chi connectivity index (χ0v) is 9.40. The van der Waals surface area contributed by atoms with Crippen LogP contribution < -0.4 is 5.73 Å². The molecule has 1 fully saturated rings. The molecule has 0 bridgehead atoms. The van der Waals surface area contributed by atoms with Crippen molar-refractivity contribution in [3.63, 3.8) is 0 Å². The first-order chi connectivity index (χ1) is 7.75. The van der Waals surface area contributed by atoms with E-state index < -0.39 is 0 Å². The van der Waals surface area contributed by atoms with E-state index in [0.717, 1.165) is 18.7 Å². The standard InChI is InChI=1S/C12H18FN3/c13-10-3-4-12(15-9-10)11(14)5-8-16-6-1-2-7-16/h3-4,9,11H,1-2,5-8,14H2. The molecule has 3 nitrogen and oxygen atoms in total. The van der Waals surface area contributed by atoms with E-state index in [9.17, 15) is 4.39 Å². The van der Waals surface area contributed by atoms with Crippen molar-refractivity contribution in [2.45, 2.75) is 25.3 Å². The highest BCUT2D eigenvalue weighted by Gasteiger charge is 2.14. The van der Waals surface area contributed by atoms with Crippen molar-refractivity contribution in [3.05, 3.63) is 29.8 Å². The lowest BCUT2D eigenvalue weighted by Gasteiger charge is -2.17. The van der Waals surface area contributed by atoms with E-state index in [0.29, 0.717) is 0 Å². The van der Waals surface area contributed by atoms with Crippen LogP contribution in [0.2, 0.25) is 0 Å². The fraction of sp³-hybridized carbons (Fsp3) is 0.583. The van der Waals surface area contributed by atoms with Gasteiger partial charge in [0.1, 0.15) is 5.82 Å². The smallest absolute Gasteiger partial charge is 0.141 e. The van der Waals surface area contributed by atoms with Crippen LogP contribution >= 0.6 is 0 Å². The molecule has 1 aliphatic heterocycles. The maximum atomic E-state index is 12.7. The second-order valence-corrected chi connectivity index (χ2v) is 4.35. The summed E-state index contributed by atoms with van der Waals surface area (Å²) >= 11 is 0. The summed E-state index contributed by atoms with van der Waals surface area (Å²) in [4.78, 5) is 6.42. The number of likely N-dealkylation sites (tertiary alicyclic amines) is 1. The molecule has 1 aromatic rings. The van der Waals surface area contributed by atoms with Gasteiger partial charge in [0.15, 0.2) is 0 Å². The van der Waals surface area contributed by atoms with E-state index in [1.807, 2.05) is 0 Å². The van der Waals surface area contributed by atoms with Crippen molar-refractivity contribution >= 4 is 0 Å². The largest absolute Gasteiger partial charge is 0.323 e. The molecule has 0 amide bonds. The van der Waals surface area contributed by atoms with Crippen LogP contribution in [-0.2, 0) is 0 Å². The van der Waals surface area contributed by atoms with Gasteiger partial charge in [-0.05, 0) is 51.0 Å². The number of nitrogens with zero attached hydrogens (tertiary/aromatic N) is 2. The predicted octanol–water partition coefficient (Wildman–Crippen LogP) is 1.71. The van der Waals surface area contributed by atoms with E-state index in [1.165, 1.54) is 38.2 Å². The Morgan fingerprint density at radius 1 is 1.38 bits per heavy atom. The highest BCUT2D eigenvalue weighted by atomic mass is 19.1. The van der Waals surface area contributed by atoms with Gasteiger partial charge in [0.05, 0.1) is 11.9 Å². The molecule has 2 N–H and O–H groups in total. The summed E-state index contributed by atoms with van der Waals surface area (Å²) in [5, 5.41) is 0. The van der Waals surface area contributed by atoms with Gasteiger partial charge in [-0.3, -0.25) is 4.98 Å². The summed E-state index contributed by atoms with van der Waals surface area (Å²) < 4.78 is 12.7. The van der Waals surface area contributed by atoms with Crippen LogP contribution in [0.3, 0.4) is 0 Å². The number of rotatable bonds is 4. The zero-order valence-electron chi connectivity index (χ0n) is 9.40. The second kappa shape index (κ2) is 5.37. The van der Waals surface area contributed by atoms with Gasteiger partial charge in [0, 0.05) is 6.04 Å². The topological polar surface area (TPSA) is 42.1 Å². The normalized spacial score (nSPS) is 18.9. The maximum absolute atomic E-state index is 12.7. The molecular formula is C12H18FN3. The van der Waals surface area contributed by atoms with E-state index in [1.54, 1.807) is 6.07 Å². The molecule has 1 saturated heterocycles. The van der Waals surface area contributed by atoms with Gasteiger partial charge in [-0.15, -0.1) is 0 Å². The number of pyridine rings is 1. The minimum absolute atomic E-state index is 0.0822. The van der Waals surface area contributed by atoms with Crippen LogP contribution in [0.5, 0.6) is 0 Å². The molecule has 16 heavy (non-hydrogen) atoms. The van der Waals surface area contributed by atoms with E-state index >= 15 is 0 Å². The Morgan fingerprint density at radius 2 is 2.12 bits per heavy atom. The third-order valence-electron chi connectivity index (χ3n) is 3.09. The summed E-state index contributed by atoms with van der Waals surface area (Å²) in [6.45, 7) is 3.38. The van der Waals surface area contributed by atoms with Gasteiger partial charge in [-0.25, -0.2) is 4.39 Å². The van der Waals surface area contributed by atoms with Crippen molar-refractivity contribution in [1.82, 2.24) is 9.88 Å². The molecule has 1 aromatic heterocycles. The second-order valence-electron chi connectivity index (χ2n) is 4.35. The Bertz CT molecular complexity index is 320. The van der Waals surface area contributed by atoms with Crippen molar-refractivity contribution in [2.75, 3.05) is 19.6 Å². The highest BCUT2D eigenvalue weighted by Crippen LogP contribution is 2.14. The lowest BCUT2D eigenvalue weighted by molar-refractivity contribution is 0.321. The number of nitrogens with two attached hydrogens (primary N) is 1. The molecule has 0 aromatic carbocycles. The first-order valence-electron chi connectivity index (χ1n) is 5.85. The van der Waals surface area contributed by atoms with E-state index in [4.69, 9.17) is 5.73 Å². The molecule has 0 radical (unpaired) electrons.